The molecule has 0 saturated heterocycles. The van der Waals surface area contributed by atoms with Crippen molar-refractivity contribution in [3.8, 4) is 0 Å². The lowest BCUT2D eigenvalue weighted by molar-refractivity contribution is -0.139. The predicted octanol–water partition coefficient (Wildman–Crippen LogP) is 1.29. The van der Waals surface area contributed by atoms with Crippen molar-refractivity contribution in [2.75, 3.05) is 12.0 Å². The van der Waals surface area contributed by atoms with Crippen LogP contribution in [-0.4, -0.2) is 41.2 Å². The SMILES string of the molecule is CCC(CSC)NC(=O)NC(CC)C(=O)O. The van der Waals surface area contributed by atoms with Gasteiger partial charge < -0.3 is 15.7 Å². The van der Waals surface area contributed by atoms with Gasteiger partial charge in [0.15, 0.2) is 0 Å². The Hall–Kier alpha value is -0.910. The Morgan fingerprint density at radius 3 is 2.25 bits per heavy atom. The fourth-order valence-corrected chi connectivity index (χ4v) is 1.91. The first kappa shape index (κ1) is 15.1. The van der Waals surface area contributed by atoms with Gasteiger partial charge in [0.05, 0.1) is 0 Å². The van der Waals surface area contributed by atoms with E-state index in [1.165, 1.54) is 0 Å². The van der Waals surface area contributed by atoms with Crippen molar-refractivity contribution in [3.63, 3.8) is 0 Å². The fourth-order valence-electron chi connectivity index (χ4n) is 1.19. The average molecular weight is 248 g/mol. The molecule has 5 nitrogen and oxygen atoms in total. The molecule has 0 rings (SSSR count). The Morgan fingerprint density at radius 1 is 1.25 bits per heavy atom. The topological polar surface area (TPSA) is 78.4 Å². The Balaban J connectivity index is 4.09. The highest BCUT2D eigenvalue weighted by Gasteiger charge is 2.18. The zero-order valence-electron chi connectivity index (χ0n) is 9.95. The van der Waals surface area contributed by atoms with Crippen LogP contribution >= 0.6 is 11.8 Å². The quantitative estimate of drug-likeness (QED) is 0.634. The Bertz CT molecular complexity index is 236. The van der Waals surface area contributed by atoms with E-state index in [0.29, 0.717) is 6.42 Å². The largest absolute Gasteiger partial charge is 0.480 e. The molecular formula is C10H20N2O3S. The first-order valence-electron chi connectivity index (χ1n) is 5.33. The van der Waals surface area contributed by atoms with Gasteiger partial charge in [-0.3, -0.25) is 0 Å². The number of rotatable bonds is 7. The Kier molecular flexibility index (Phi) is 7.80. The summed E-state index contributed by atoms with van der Waals surface area (Å²) in [4.78, 5) is 22.2. The summed E-state index contributed by atoms with van der Waals surface area (Å²) in [5, 5.41) is 14.0. The smallest absolute Gasteiger partial charge is 0.326 e. The van der Waals surface area contributed by atoms with E-state index < -0.39 is 18.0 Å². The zero-order chi connectivity index (χ0) is 12.6. The van der Waals surface area contributed by atoms with Gasteiger partial charge in [-0.15, -0.1) is 0 Å². The van der Waals surface area contributed by atoms with E-state index >= 15 is 0 Å². The van der Waals surface area contributed by atoms with Crippen molar-refractivity contribution in [3.05, 3.63) is 0 Å². The van der Waals surface area contributed by atoms with Crippen LogP contribution in [0, 0.1) is 0 Å². The molecule has 0 heterocycles. The summed E-state index contributed by atoms with van der Waals surface area (Å²) in [5.41, 5.74) is 0. The molecule has 0 aliphatic rings. The number of urea groups is 1. The average Bonchev–Trinajstić information content (AvgIpc) is 2.24. The van der Waals surface area contributed by atoms with E-state index in [2.05, 4.69) is 10.6 Å². The number of nitrogens with one attached hydrogen (secondary N) is 2. The molecule has 3 N–H and O–H groups in total. The van der Waals surface area contributed by atoms with Gasteiger partial charge in [-0.1, -0.05) is 13.8 Å². The highest BCUT2D eigenvalue weighted by atomic mass is 32.2. The van der Waals surface area contributed by atoms with Crippen LogP contribution in [0.2, 0.25) is 0 Å². The van der Waals surface area contributed by atoms with Gasteiger partial charge in [-0.2, -0.15) is 11.8 Å². The van der Waals surface area contributed by atoms with Crippen molar-refractivity contribution in [2.45, 2.75) is 38.8 Å². The second-order valence-electron chi connectivity index (χ2n) is 3.48. The third kappa shape index (κ3) is 5.85. The molecule has 0 fully saturated rings. The molecule has 0 aromatic carbocycles. The molecule has 2 amide bonds. The Labute approximate surface area is 100 Å². The standard InChI is InChI=1S/C10H20N2O3S/c1-4-7(6-16-3)11-10(15)12-8(5-2)9(13)14/h7-8H,4-6H2,1-3H3,(H,13,14)(H2,11,12,15). The molecule has 16 heavy (non-hydrogen) atoms. The van der Waals surface area contributed by atoms with Crippen LogP contribution in [0.15, 0.2) is 0 Å². The molecule has 0 aromatic heterocycles. The molecule has 2 atom stereocenters. The molecule has 0 saturated carbocycles. The summed E-state index contributed by atoms with van der Waals surface area (Å²) in [6, 6.07) is -1.14. The number of carbonyl (C=O) groups excluding carboxylic acids is 1. The molecule has 0 aromatic rings. The van der Waals surface area contributed by atoms with Crippen LogP contribution in [-0.2, 0) is 4.79 Å². The fraction of sp³-hybridized carbons (Fsp3) is 0.800. The third-order valence-electron chi connectivity index (χ3n) is 2.21. The first-order valence-corrected chi connectivity index (χ1v) is 6.73. The summed E-state index contributed by atoms with van der Waals surface area (Å²) < 4.78 is 0. The van der Waals surface area contributed by atoms with Crippen LogP contribution in [0.5, 0.6) is 0 Å². The molecule has 94 valence electrons. The maximum atomic E-state index is 11.5. The van der Waals surface area contributed by atoms with Gasteiger partial charge in [0, 0.05) is 11.8 Å². The molecule has 0 radical (unpaired) electrons. The van der Waals surface area contributed by atoms with Crippen LogP contribution in [0.3, 0.4) is 0 Å². The zero-order valence-corrected chi connectivity index (χ0v) is 10.8. The number of aliphatic carboxylic acids is 1. The van der Waals surface area contributed by atoms with Crippen molar-refractivity contribution >= 4 is 23.8 Å². The number of amides is 2. The summed E-state index contributed by atoms with van der Waals surface area (Å²) in [7, 11) is 0. The highest BCUT2D eigenvalue weighted by Crippen LogP contribution is 2.01. The van der Waals surface area contributed by atoms with E-state index in [4.69, 9.17) is 5.11 Å². The van der Waals surface area contributed by atoms with Crippen molar-refractivity contribution in [1.82, 2.24) is 10.6 Å². The minimum atomic E-state index is -1.00. The van der Waals surface area contributed by atoms with E-state index in [1.807, 2.05) is 13.2 Å². The molecule has 0 spiro atoms. The van der Waals surface area contributed by atoms with Gasteiger partial charge in [-0.05, 0) is 19.1 Å². The second-order valence-corrected chi connectivity index (χ2v) is 4.39. The molecule has 0 bridgehead atoms. The number of hydrogen-bond donors (Lipinski definition) is 3. The van der Waals surface area contributed by atoms with Crippen molar-refractivity contribution in [2.24, 2.45) is 0 Å². The maximum absolute atomic E-state index is 11.5. The van der Waals surface area contributed by atoms with Gasteiger partial charge >= 0.3 is 12.0 Å². The van der Waals surface area contributed by atoms with Gasteiger partial charge in [0.1, 0.15) is 6.04 Å². The van der Waals surface area contributed by atoms with Gasteiger partial charge in [-0.25, -0.2) is 9.59 Å². The summed E-state index contributed by atoms with van der Waals surface area (Å²) >= 11 is 1.65. The van der Waals surface area contributed by atoms with Gasteiger partial charge in [0.2, 0.25) is 0 Å². The number of thioether (sulfide) groups is 1. The first-order chi connectivity index (χ1) is 7.54. The van der Waals surface area contributed by atoms with Crippen molar-refractivity contribution < 1.29 is 14.7 Å². The number of carboxylic acids is 1. The molecule has 0 aliphatic heterocycles. The molecule has 2 unspecified atom stereocenters. The summed E-state index contributed by atoms with van der Waals surface area (Å²) in [5.74, 6) is -0.177. The second kappa shape index (κ2) is 8.27. The lowest BCUT2D eigenvalue weighted by atomic mass is 10.2. The number of hydrogen-bond acceptors (Lipinski definition) is 3. The minimum absolute atomic E-state index is 0.0845. The van der Waals surface area contributed by atoms with Crippen LogP contribution in [0.1, 0.15) is 26.7 Å². The monoisotopic (exact) mass is 248 g/mol. The number of carboxylic acid groups (broad SMARTS) is 1. The normalized spacial score (nSPS) is 13.9. The van der Waals surface area contributed by atoms with Crippen molar-refractivity contribution in [1.29, 1.82) is 0 Å². The minimum Gasteiger partial charge on any atom is -0.480 e. The summed E-state index contributed by atoms with van der Waals surface area (Å²) in [6.45, 7) is 3.70. The van der Waals surface area contributed by atoms with E-state index in [-0.39, 0.29) is 6.04 Å². The molecule has 6 heteroatoms. The van der Waals surface area contributed by atoms with E-state index in [1.54, 1.807) is 18.7 Å². The third-order valence-corrected chi connectivity index (χ3v) is 2.94. The summed E-state index contributed by atoms with van der Waals surface area (Å²) in [6.07, 6.45) is 3.18. The lowest BCUT2D eigenvalue weighted by Gasteiger charge is -2.18. The van der Waals surface area contributed by atoms with E-state index in [9.17, 15) is 9.59 Å². The maximum Gasteiger partial charge on any atom is 0.326 e. The van der Waals surface area contributed by atoms with Crippen LogP contribution in [0.4, 0.5) is 4.79 Å². The lowest BCUT2D eigenvalue weighted by Crippen LogP contribution is -2.49. The van der Waals surface area contributed by atoms with Crippen LogP contribution < -0.4 is 10.6 Å². The van der Waals surface area contributed by atoms with E-state index in [0.717, 1.165) is 12.2 Å². The Morgan fingerprint density at radius 2 is 1.88 bits per heavy atom. The van der Waals surface area contributed by atoms with Gasteiger partial charge in [0.25, 0.3) is 0 Å². The highest BCUT2D eigenvalue weighted by molar-refractivity contribution is 7.98. The number of carbonyl (C=O) groups is 2. The van der Waals surface area contributed by atoms with Crippen LogP contribution in [0.25, 0.3) is 0 Å². The predicted molar refractivity (Wildman–Crippen MR) is 65.8 cm³/mol. The molecule has 0 aliphatic carbocycles. The molecular weight excluding hydrogens is 228 g/mol.